The maximum Gasteiger partial charge on any atom is 0.107 e. The lowest BCUT2D eigenvalue weighted by Gasteiger charge is -2.29. The normalized spacial score (nSPS) is 22.5. The number of hydrogen-bond donors (Lipinski definition) is 1. The molecule has 3 nitrogen and oxygen atoms in total. The van der Waals surface area contributed by atoms with Crippen molar-refractivity contribution in [2.24, 2.45) is 5.92 Å². The molecule has 1 aliphatic heterocycles. The molecule has 4 heteroatoms. The minimum atomic E-state index is 0.852. The van der Waals surface area contributed by atoms with Crippen molar-refractivity contribution in [2.45, 2.75) is 32.9 Å². The minimum Gasteiger partial charge on any atom is -0.315 e. The molecule has 1 saturated heterocycles. The zero-order chi connectivity index (χ0) is 11.4. The van der Waals surface area contributed by atoms with Crippen molar-refractivity contribution >= 4 is 11.3 Å². The van der Waals surface area contributed by atoms with Gasteiger partial charge in [-0.25, -0.2) is 4.98 Å². The van der Waals surface area contributed by atoms with Crippen LogP contribution in [0.4, 0.5) is 0 Å². The first kappa shape index (κ1) is 12.0. The number of rotatable bonds is 4. The van der Waals surface area contributed by atoms with Crippen LogP contribution in [0.2, 0.25) is 0 Å². The number of thiazole rings is 1. The Morgan fingerprint density at radius 2 is 2.50 bits per heavy atom. The molecule has 1 fully saturated rings. The van der Waals surface area contributed by atoms with E-state index in [0.29, 0.717) is 0 Å². The van der Waals surface area contributed by atoms with Crippen molar-refractivity contribution < 1.29 is 0 Å². The Labute approximate surface area is 102 Å². The highest BCUT2D eigenvalue weighted by Gasteiger charge is 2.17. The molecule has 0 aliphatic carbocycles. The van der Waals surface area contributed by atoms with Gasteiger partial charge in [-0.2, -0.15) is 0 Å². The maximum atomic E-state index is 4.49. The van der Waals surface area contributed by atoms with Crippen molar-refractivity contribution in [1.82, 2.24) is 15.2 Å². The fourth-order valence-corrected chi connectivity index (χ4v) is 3.28. The first-order chi connectivity index (χ1) is 7.78. The van der Waals surface area contributed by atoms with Crippen LogP contribution in [0, 0.1) is 5.92 Å². The fourth-order valence-electron chi connectivity index (χ4n) is 2.30. The second-order valence-corrected chi connectivity index (χ2v) is 5.93. The van der Waals surface area contributed by atoms with E-state index in [9.17, 15) is 0 Å². The molecule has 1 aliphatic rings. The van der Waals surface area contributed by atoms with Crippen LogP contribution in [0.3, 0.4) is 0 Å². The van der Waals surface area contributed by atoms with Gasteiger partial charge in [-0.1, -0.05) is 6.92 Å². The molecule has 1 unspecified atom stereocenters. The van der Waals surface area contributed by atoms with Crippen LogP contribution in [-0.2, 0) is 13.1 Å². The molecule has 0 bridgehead atoms. The summed E-state index contributed by atoms with van der Waals surface area (Å²) < 4.78 is 0. The highest BCUT2D eigenvalue weighted by Crippen LogP contribution is 2.20. The van der Waals surface area contributed by atoms with Gasteiger partial charge in [0.1, 0.15) is 5.01 Å². The highest BCUT2D eigenvalue weighted by atomic mass is 32.1. The van der Waals surface area contributed by atoms with Crippen molar-refractivity contribution in [2.75, 3.05) is 20.1 Å². The fraction of sp³-hybridized carbons (Fsp3) is 0.750. The molecule has 2 rings (SSSR count). The van der Waals surface area contributed by atoms with Crippen molar-refractivity contribution in [1.29, 1.82) is 0 Å². The van der Waals surface area contributed by atoms with E-state index in [2.05, 4.69) is 22.1 Å². The lowest BCUT2D eigenvalue weighted by molar-refractivity contribution is 0.176. The van der Waals surface area contributed by atoms with Crippen LogP contribution < -0.4 is 5.32 Å². The topological polar surface area (TPSA) is 28.2 Å². The number of hydrogen-bond acceptors (Lipinski definition) is 4. The molecule has 90 valence electrons. The number of nitrogens with zero attached hydrogens (tertiary/aromatic N) is 2. The van der Waals surface area contributed by atoms with E-state index in [1.807, 2.05) is 24.6 Å². The average Bonchev–Trinajstić information content (AvgIpc) is 2.66. The van der Waals surface area contributed by atoms with E-state index in [1.165, 1.54) is 35.8 Å². The summed E-state index contributed by atoms with van der Waals surface area (Å²) >= 11 is 1.84. The third-order valence-electron chi connectivity index (χ3n) is 3.05. The Morgan fingerprint density at radius 3 is 3.25 bits per heavy atom. The maximum absolute atomic E-state index is 4.49. The summed E-state index contributed by atoms with van der Waals surface area (Å²) in [5, 5.41) is 4.43. The summed E-state index contributed by atoms with van der Waals surface area (Å²) in [5.41, 5.74) is 0. The molecule has 1 aromatic heterocycles. The van der Waals surface area contributed by atoms with Gasteiger partial charge in [0.15, 0.2) is 0 Å². The van der Waals surface area contributed by atoms with E-state index in [-0.39, 0.29) is 0 Å². The van der Waals surface area contributed by atoms with Gasteiger partial charge in [-0.05, 0) is 32.4 Å². The summed E-state index contributed by atoms with van der Waals surface area (Å²) in [7, 11) is 1.98. The standard InChI is InChI=1S/C12H21N3S/c1-10-4-3-5-15(8-10)9-12-14-7-11(16-12)6-13-2/h7,10,13H,3-6,8-9H2,1-2H3. The van der Waals surface area contributed by atoms with Gasteiger partial charge in [0.2, 0.25) is 0 Å². The lowest BCUT2D eigenvalue weighted by atomic mass is 10.0. The lowest BCUT2D eigenvalue weighted by Crippen LogP contribution is -2.33. The van der Waals surface area contributed by atoms with Crippen LogP contribution in [-0.4, -0.2) is 30.0 Å². The second kappa shape index (κ2) is 5.75. The SMILES string of the molecule is CNCc1cnc(CN2CCCC(C)C2)s1. The molecule has 2 heterocycles. The zero-order valence-electron chi connectivity index (χ0n) is 10.2. The Hall–Kier alpha value is -0.450. The van der Waals surface area contributed by atoms with Gasteiger partial charge in [-0.3, -0.25) is 4.90 Å². The van der Waals surface area contributed by atoms with Crippen LogP contribution in [0.5, 0.6) is 0 Å². The van der Waals surface area contributed by atoms with Crippen LogP contribution in [0.1, 0.15) is 29.7 Å². The third kappa shape index (κ3) is 3.27. The van der Waals surface area contributed by atoms with Gasteiger partial charge in [0.05, 0.1) is 6.54 Å². The summed E-state index contributed by atoms with van der Waals surface area (Å²) in [4.78, 5) is 8.36. The first-order valence-corrected chi connectivity index (χ1v) is 6.90. The monoisotopic (exact) mass is 239 g/mol. The molecule has 1 atom stereocenters. The van der Waals surface area contributed by atoms with Crippen LogP contribution >= 0.6 is 11.3 Å². The van der Waals surface area contributed by atoms with E-state index >= 15 is 0 Å². The van der Waals surface area contributed by atoms with Gasteiger partial charge < -0.3 is 5.32 Å². The summed E-state index contributed by atoms with van der Waals surface area (Å²) in [6.45, 7) is 6.81. The third-order valence-corrected chi connectivity index (χ3v) is 4.03. The second-order valence-electron chi connectivity index (χ2n) is 4.73. The van der Waals surface area contributed by atoms with E-state index < -0.39 is 0 Å². The Bertz CT molecular complexity index is 324. The molecular weight excluding hydrogens is 218 g/mol. The van der Waals surface area contributed by atoms with Gasteiger partial charge in [0, 0.05) is 24.2 Å². The summed E-state index contributed by atoms with van der Waals surface area (Å²) in [6.07, 6.45) is 4.74. The predicted octanol–water partition coefficient (Wildman–Crippen LogP) is 2.09. The molecule has 1 aromatic rings. The van der Waals surface area contributed by atoms with Crippen molar-refractivity contribution in [3.8, 4) is 0 Å². The molecule has 0 saturated carbocycles. The smallest absolute Gasteiger partial charge is 0.107 e. The quantitative estimate of drug-likeness (QED) is 0.872. The largest absolute Gasteiger partial charge is 0.315 e. The van der Waals surface area contributed by atoms with Crippen molar-refractivity contribution in [3.05, 3.63) is 16.1 Å². The molecular formula is C12H21N3S. The Kier molecular flexibility index (Phi) is 4.32. The van der Waals surface area contributed by atoms with Gasteiger partial charge >= 0.3 is 0 Å². The molecule has 0 spiro atoms. The average molecular weight is 239 g/mol. The Morgan fingerprint density at radius 1 is 1.62 bits per heavy atom. The van der Waals surface area contributed by atoms with Crippen molar-refractivity contribution in [3.63, 3.8) is 0 Å². The molecule has 0 amide bonds. The van der Waals surface area contributed by atoms with E-state index in [1.54, 1.807) is 0 Å². The van der Waals surface area contributed by atoms with Gasteiger partial charge in [0.25, 0.3) is 0 Å². The van der Waals surface area contributed by atoms with Gasteiger partial charge in [-0.15, -0.1) is 11.3 Å². The predicted molar refractivity (Wildman–Crippen MR) is 68.6 cm³/mol. The van der Waals surface area contributed by atoms with Crippen LogP contribution in [0.25, 0.3) is 0 Å². The van der Waals surface area contributed by atoms with Crippen LogP contribution in [0.15, 0.2) is 6.20 Å². The zero-order valence-corrected chi connectivity index (χ0v) is 11.0. The highest BCUT2D eigenvalue weighted by molar-refractivity contribution is 7.11. The number of likely N-dealkylation sites (tertiary alicyclic amines) is 1. The summed E-state index contributed by atoms with van der Waals surface area (Å²) in [5.74, 6) is 0.852. The first-order valence-electron chi connectivity index (χ1n) is 6.08. The Balaban J connectivity index is 1.87. The van der Waals surface area contributed by atoms with E-state index in [4.69, 9.17) is 0 Å². The number of piperidine rings is 1. The number of aromatic nitrogens is 1. The minimum absolute atomic E-state index is 0.852. The molecule has 1 N–H and O–H groups in total. The summed E-state index contributed by atoms with van der Waals surface area (Å²) in [6, 6.07) is 0. The van der Waals surface area contributed by atoms with E-state index in [0.717, 1.165) is 19.0 Å². The molecule has 0 aromatic carbocycles. The number of nitrogens with one attached hydrogen (secondary N) is 1. The molecule has 16 heavy (non-hydrogen) atoms. The molecule has 0 radical (unpaired) electrons.